The van der Waals surface area contributed by atoms with Gasteiger partial charge in [-0.15, -0.1) is 0 Å². The third-order valence-electron chi connectivity index (χ3n) is 1.54. The molecule has 10 heavy (non-hydrogen) atoms. The first kappa shape index (κ1) is 6.99. The molecule has 0 heterocycles. The summed E-state index contributed by atoms with van der Waals surface area (Å²) in [6.45, 7) is 0. The lowest BCUT2D eigenvalue weighted by Crippen LogP contribution is -2.24. The minimum Gasteiger partial charge on any atom is -0.481 e. The lowest BCUT2D eigenvalue weighted by atomic mass is 9.93. The number of carbonyl (C=O) groups is 2. The van der Waals surface area contributed by atoms with Crippen LogP contribution in [0, 0.1) is 5.92 Å². The average Bonchev–Trinajstić information content (AvgIpc) is 1.88. The van der Waals surface area contributed by atoms with Gasteiger partial charge in [0.25, 0.3) is 0 Å². The van der Waals surface area contributed by atoms with Gasteiger partial charge in [-0.25, -0.2) is 0 Å². The molecule has 1 N–H and O–H groups in total. The molecule has 54 valence electrons. The summed E-state index contributed by atoms with van der Waals surface area (Å²) < 4.78 is 0. The fourth-order valence-corrected chi connectivity index (χ4v) is 0.944. The van der Waals surface area contributed by atoms with Crippen molar-refractivity contribution in [3.63, 3.8) is 0 Å². The van der Waals surface area contributed by atoms with Crippen molar-refractivity contribution in [2.24, 2.45) is 5.92 Å². The van der Waals surface area contributed by atoms with E-state index < -0.39 is 11.9 Å². The van der Waals surface area contributed by atoms with Crippen LogP contribution in [0.2, 0.25) is 0 Å². The van der Waals surface area contributed by atoms with Gasteiger partial charge in [-0.1, -0.05) is 12.2 Å². The van der Waals surface area contributed by atoms with Crippen LogP contribution in [-0.4, -0.2) is 16.9 Å². The minimum absolute atomic E-state index is 0.185. The van der Waals surface area contributed by atoms with Crippen LogP contribution in [0.5, 0.6) is 0 Å². The van der Waals surface area contributed by atoms with E-state index in [-0.39, 0.29) is 12.2 Å². The quantitative estimate of drug-likeness (QED) is 0.428. The predicted molar refractivity (Wildman–Crippen MR) is 34.5 cm³/mol. The Labute approximate surface area is 58.4 Å². The number of allylic oxidation sites excluding steroid dienone is 2. The average molecular weight is 140 g/mol. The number of aliphatic carboxylic acids is 1. The molecule has 0 radical (unpaired) electrons. The Balaban J connectivity index is 2.68. The van der Waals surface area contributed by atoms with E-state index in [1.54, 1.807) is 12.2 Å². The molecule has 0 saturated heterocycles. The number of hydrogen-bond acceptors (Lipinski definition) is 2. The highest BCUT2D eigenvalue weighted by molar-refractivity contribution is 5.99. The maximum Gasteiger partial charge on any atom is 0.314 e. The number of carboxylic acid groups (broad SMARTS) is 1. The standard InChI is InChI=1S/C7H8O3/c8-6-4-2-1-3-5(6)7(9)10/h1-2,5H,3-4H2,(H,9,10). The Bertz CT molecular complexity index is 193. The summed E-state index contributed by atoms with van der Waals surface area (Å²) in [5, 5.41) is 8.45. The molecule has 1 aliphatic rings. The highest BCUT2D eigenvalue weighted by Gasteiger charge is 2.25. The summed E-state index contributed by atoms with van der Waals surface area (Å²) in [6, 6.07) is 0. The number of rotatable bonds is 1. The van der Waals surface area contributed by atoms with Crippen LogP contribution >= 0.6 is 0 Å². The third-order valence-corrected chi connectivity index (χ3v) is 1.54. The zero-order valence-electron chi connectivity index (χ0n) is 5.41. The van der Waals surface area contributed by atoms with E-state index in [4.69, 9.17) is 5.11 Å². The van der Waals surface area contributed by atoms with Crippen LogP contribution in [0.15, 0.2) is 12.2 Å². The Kier molecular flexibility index (Phi) is 1.85. The van der Waals surface area contributed by atoms with Gasteiger partial charge in [0.15, 0.2) is 5.78 Å². The van der Waals surface area contributed by atoms with Crippen LogP contribution in [0.25, 0.3) is 0 Å². The van der Waals surface area contributed by atoms with Gasteiger partial charge in [-0.3, -0.25) is 9.59 Å². The summed E-state index contributed by atoms with van der Waals surface area (Å²) in [7, 11) is 0. The van der Waals surface area contributed by atoms with Gasteiger partial charge in [0, 0.05) is 6.42 Å². The van der Waals surface area contributed by atoms with Crippen molar-refractivity contribution >= 4 is 11.8 Å². The molecule has 3 nitrogen and oxygen atoms in total. The largest absolute Gasteiger partial charge is 0.481 e. The lowest BCUT2D eigenvalue weighted by Gasteiger charge is -2.10. The number of ketones is 1. The van der Waals surface area contributed by atoms with E-state index in [1.165, 1.54) is 0 Å². The van der Waals surface area contributed by atoms with E-state index in [0.717, 1.165) is 0 Å². The van der Waals surface area contributed by atoms with Gasteiger partial charge in [0.1, 0.15) is 5.92 Å². The molecule has 0 aromatic rings. The fourth-order valence-electron chi connectivity index (χ4n) is 0.944. The maximum absolute atomic E-state index is 10.8. The summed E-state index contributed by atoms with van der Waals surface area (Å²) in [6.07, 6.45) is 4.08. The molecular weight excluding hydrogens is 132 g/mol. The first-order valence-electron chi connectivity index (χ1n) is 3.12. The Morgan fingerprint density at radius 1 is 1.60 bits per heavy atom. The second kappa shape index (κ2) is 2.64. The summed E-state index contributed by atoms with van der Waals surface area (Å²) in [4.78, 5) is 21.1. The highest BCUT2D eigenvalue weighted by atomic mass is 16.4. The Hall–Kier alpha value is -1.12. The van der Waals surface area contributed by atoms with Crippen LogP contribution in [0.3, 0.4) is 0 Å². The van der Waals surface area contributed by atoms with Crippen molar-refractivity contribution in [3.05, 3.63) is 12.2 Å². The van der Waals surface area contributed by atoms with E-state index in [0.29, 0.717) is 6.42 Å². The lowest BCUT2D eigenvalue weighted by molar-refractivity contribution is -0.146. The van der Waals surface area contributed by atoms with Crippen molar-refractivity contribution in [2.45, 2.75) is 12.8 Å². The second-order valence-electron chi connectivity index (χ2n) is 2.27. The molecule has 1 rings (SSSR count). The van der Waals surface area contributed by atoms with Crippen molar-refractivity contribution in [1.29, 1.82) is 0 Å². The zero-order valence-corrected chi connectivity index (χ0v) is 5.41. The molecule has 0 bridgehead atoms. The van der Waals surface area contributed by atoms with Crippen LogP contribution in [0.1, 0.15) is 12.8 Å². The van der Waals surface area contributed by atoms with Crippen LogP contribution in [-0.2, 0) is 9.59 Å². The van der Waals surface area contributed by atoms with E-state index >= 15 is 0 Å². The Morgan fingerprint density at radius 3 is 2.70 bits per heavy atom. The smallest absolute Gasteiger partial charge is 0.314 e. The number of carboxylic acids is 1. The summed E-state index contributed by atoms with van der Waals surface area (Å²) in [5.74, 6) is -1.98. The number of carbonyl (C=O) groups excluding carboxylic acids is 1. The van der Waals surface area contributed by atoms with Gasteiger partial charge in [-0.05, 0) is 6.42 Å². The van der Waals surface area contributed by atoms with Gasteiger partial charge in [0.2, 0.25) is 0 Å². The molecule has 0 amide bonds. The topological polar surface area (TPSA) is 54.4 Å². The van der Waals surface area contributed by atoms with E-state index in [9.17, 15) is 9.59 Å². The van der Waals surface area contributed by atoms with E-state index in [2.05, 4.69) is 0 Å². The minimum atomic E-state index is -1.01. The Morgan fingerprint density at radius 2 is 2.30 bits per heavy atom. The van der Waals surface area contributed by atoms with Gasteiger partial charge in [-0.2, -0.15) is 0 Å². The predicted octanol–water partition coefficient (Wildman–Crippen LogP) is 0.606. The molecule has 0 fully saturated rings. The molecule has 3 heteroatoms. The third kappa shape index (κ3) is 1.23. The fraction of sp³-hybridized carbons (Fsp3) is 0.429. The summed E-state index contributed by atoms with van der Waals surface area (Å²) in [5.41, 5.74) is 0. The van der Waals surface area contributed by atoms with Crippen molar-refractivity contribution in [3.8, 4) is 0 Å². The van der Waals surface area contributed by atoms with Crippen molar-refractivity contribution in [1.82, 2.24) is 0 Å². The second-order valence-corrected chi connectivity index (χ2v) is 2.27. The first-order chi connectivity index (χ1) is 4.72. The number of hydrogen-bond donors (Lipinski definition) is 1. The molecule has 0 spiro atoms. The maximum atomic E-state index is 10.8. The van der Waals surface area contributed by atoms with Crippen molar-refractivity contribution < 1.29 is 14.7 Å². The SMILES string of the molecule is O=C(O)C1CC=CCC1=O. The molecule has 0 aromatic heterocycles. The van der Waals surface area contributed by atoms with Crippen LogP contribution < -0.4 is 0 Å². The van der Waals surface area contributed by atoms with Gasteiger partial charge < -0.3 is 5.11 Å². The zero-order chi connectivity index (χ0) is 7.56. The molecular formula is C7H8O3. The highest BCUT2D eigenvalue weighted by Crippen LogP contribution is 2.14. The molecule has 1 aliphatic carbocycles. The first-order valence-corrected chi connectivity index (χ1v) is 3.12. The molecule has 0 aromatic carbocycles. The van der Waals surface area contributed by atoms with E-state index in [1.807, 2.05) is 0 Å². The monoisotopic (exact) mass is 140 g/mol. The van der Waals surface area contributed by atoms with Crippen LogP contribution in [0.4, 0.5) is 0 Å². The van der Waals surface area contributed by atoms with Gasteiger partial charge >= 0.3 is 5.97 Å². The van der Waals surface area contributed by atoms with Gasteiger partial charge in [0.05, 0.1) is 0 Å². The van der Waals surface area contributed by atoms with Crippen molar-refractivity contribution in [2.75, 3.05) is 0 Å². The molecule has 0 saturated carbocycles. The normalized spacial score (nSPS) is 24.8. The summed E-state index contributed by atoms with van der Waals surface area (Å²) >= 11 is 0. The molecule has 0 aliphatic heterocycles. The molecule has 1 atom stereocenters. The number of Topliss-reactive ketones (excluding diaryl/α,β-unsaturated/α-hetero) is 1. The molecule has 1 unspecified atom stereocenters.